The summed E-state index contributed by atoms with van der Waals surface area (Å²) in [4.78, 5) is 0. The molecule has 0 saturated heterocycles. The van der Waals surface area contributed by atoms with Gasteiger partial charge >= 0.3 is 23.1 Å². The van der Waals surface area contributed by atoms with Gasteiger partial charge in [0.25, 0.3) is 0 Å². The van der Waals surface area contributed by atoms with Crippen LogP contribution in [0, 0.1) is 18.2 Å². The fourth-order valence-electron chi connectivity index (χ4n) is 0.533. The van der Waals surface area contributed by atoms with E-state index in [0.29, 0.717) is 5.56 Å². The maximum Gasteiger partial charge on any atom is 2.00 e. The molecule has 0 saturated carbocycles. The van der Waals surface area contributed by atoms with Crippen molar-refractivity contribution in [1.29, 1.82) is 0 Å². The zero-order valence-corrected chi connectivity index (χ0v) is 8.77. The van der Waals surface area contributed by atoms with Crippen molar-refractivity contribution in [3.8, 4) is 5.92 Å². The molecule has 0 bridgehead atoms. The molecule has 0 unspecified atom stereocenters. The monoisotopic (exact) mass is 222 g/mol. The van der Waals surface area contributed by atoms with Crippen molar-refractivity contribution in [1.82, 2.24) is 0 Å². The molecule has 0 radical (unpaired) electrons. The summed E-state index contributed by atoms with van der Waals surface area (Å²) < 4.78 is 12.1. The fourth-order valence-corrected chi connectivity index (χ4v) is 0.533. The molecule has 11 heavy (non-hydrogen) atoms. The fraction of sp³-hybridized carbons (Fsp3) is 0. The van der Waals surface area contributed by atoms with Gasteiger partial charge < -0.3 is 23.4 Å². The van der Waals surface area contributed by atoms with Gasteiger partial charge in [-0.2, -0.15) is 0 Å². The summed E-state index contributed by atoms with van der Waals surface area (Å²) in [5.41, 5.74) is 0.594. The molecule has 1 rings (SSSR count). The number of halogens is 2. The van der Waals surface area contributed by atoms with Gasteiger partial charge in [0.15, 0.2) is 0 Å². The predicted octanol–water partition coefficient (Wildman–Crippen LogP) is -1.61. The standard InChI is InChI=1S/C8H4F.BrH.Mg/c1-2-7-3-5-8(9)6-4-7;;/h3-6H;1H;/q-1;;+2/p-1. The van der Waals surface area contributed by atoms with Crippen molar-refractivity contribution < 1.29 is 21.4 Å². The van der Waals surface area contributed by atoms with Gasteiger partial charge in [0.1, 0.15) is 5.82 Å². The van der Waals surface area contributed by atoms with Crippen molar-refractivity contribution in [3.63, 3.8) is 0 Å². The van der Waals surface area contributed by atoms with Crippen LogP contribution in [-0.2, 0) is 0 Å². The molecule has 1 aromatic carbocycles. The van der Waals surface area contributed by atoms with E-state index < -0.39 is 0 Å². The first kappa shape index (κ1) is 13.5. The molecular weight excluding hydrogens is 219 g/mol. The second kappa shape index (κ2) is 6.65. The van der Waals surface area contributed by atoms with Crippen LogP contribution in [0.1, 0.15) is 5.56 Å². The third-order valence-corrected chi connectivity index (χ3v) is 0.989. The Balaban J connectivity index is 0. The summed E-state index contributed by atoms with van der Waals surface area (Å²) in [7, 11) is 0. The van der Waals surface area contributed by atoms with Crippen LogP contribution in [0.5, 0.6) is 0 Å². The molecule has 1 aromatic rings. The minimum atomic E-state index is -0.283. The Labute approximate surface area is 92.1 Å². The van der Waals surface area contributed by atoms with Crippen molar-refractivity contribution >= 4 is 23.1 Å². The second-order valence-electron chi connectivity index (χ2n) is 1.63. The van der Waals surface area contributed by atoms with Crippen molar-refractivity contribution in [2.24, 2.45) is 0 Å². The summed E-state index contributed by atoms with van der Waals surface area (Å²) in [6, 6.07) is 5.61. The van der Waals surface area contributed by atoms with Crippen LogP contribution in [-0.4, -0.2) is 23.1 Å². The molecule has 0 fully saturated rings. The van der Waals surface area contributed by atoms with E-state index in [9.17, 15) is 4.39 Å². The van der Waals surface area contributed by atoms with E-state index in [1.165, 1.54) is 24.3 Å². The van der Waals surface area contributed by atoms with E-state index in [2.05, 4.69) is 5.92 Å². The van der Waals surface area contributed by atoms with E-state index in [-0.39, 0.29) is 45.9 Å². The van der Waals surface area contributed by atoms with Gasteiger partial charge in [-0.1, -0.05) is 0 Å². The summed E-state index contributed by atoms with van der Waals surface area (Å²) >= 11 is 0. The second-order valence-corrected chi connectivity index (χ2v) is 1.63. The van der Waals surface area contributed by atoms with Gasteiger partial charge in [0, 0.05) is 0 Å². The Kier molecular flexibility index (Phi) is 8.19. The van der Waals surface area contributed by atoms with Crippen LogP contribution < -0.4 is 17.0 Å². The van der Waals surface area contributed by atoms with E-state index in [1.807, 2.05) is 0 Å². The van der Waals surface area contributed by atoms with Crippen LogP contribution in [0.3, 0.4) is 0 Å². The van der Waals surface area contributed by atoms with Gasteiger partial charge in [-0.25, -0.2) is 4.39 Å². The van der Waals surface area contributed by atoms with E-state index in [4.69, 9.17) is 6.42 Å². The van der Waals surface area contributed by atoms with Crippen LogP contribution in [0.2, 0.25) is 0 Å². The van der Waals surface area contributed by atoms with Gasteiger partial charge in [-0.15, -0.1) is 17.7 Å². The Morgan fingerprint density at radius 3 is 2.00 bits per heavy atom. The molecule has 0 nitrogen and oxygen atoms in total. The molecule has 0 heterocycles. The summed E-state index contributed by atoms with van der Waals surface area (Å²) in [6.45, 7) is 0. The summed E-state index contributed by atoms with van der Waals surface area (Å²) in [5.74, 6) is 1.85. The minimum Gasteiger partial charge on any atom is -1.00 e. The van der Waals surface area contributed by atoms with Gasteiger partial charge in [0.2, 0.25) is 0 Å². The third-order valence-electron chi connectivity index (χ3n) is 0.989. The maximum absolute atomic E-state index is 12.1. The Morgan fingerprint density at radius 1 is 1.18 bits per heavy atom. The average Bonchev–Trinajstić information content (AvgIpc) is 1.90. The maximum atomic E-state index is 12.1. The Bertz CT molecular complexity index is 237. The Morgan fingerprint density at radius 2 is 1.64 bits per heavy atom. The van der Waals surface area contributed by atoms with E-state index in [0.717, 1.165) is 0 Å². The minimum absolute atomic E-state index is 0. The van der Waals surface area contributed by atoms with Gasteiger partial charge in [-0.05, 0) is 12.1 Å². The van der Waals surface area contributed by atoms with Crippen molar-refractivity contribution in [2.45, 2.75) is 0 Å². The topological polar surface area (TPSA) is 0 Å². The number of hydrogen-bond acceptors (Lipinski definition) is 0. The first-order valence-corrected chi connectivity index (χ1v) is 2.51. The van der Waals surface area contributed by atoms with Gasteiger partial charge in [-0.3, -0.25) is 5.92 Å². The number of benzene rings is 1. The van der Waals surface area contributed by atoms with Crippen molar-refractivity contribution in [2.75, 3.05) is 0 Å². The van der Waals surface area contributed by atoms with Crippen LogP contribution >= 0.6 is 0 Å². The quantitative estimate of drug-likeness (QED) is 0.282. The molecule has 0 aliphatic heterocycles. The van der Waals surface area contributed by atoms with Gasteiger partial charge in [0.05, 0.1) is 0 Å². The molecule has 0 aromatic heterocycles. The summed E-state index contributed by atoms with van der Waals surface area (Å²) in [5, 5.41) is 0. The van der Waals surface area contributed by atoms with E-state index >= 15 is 0 Å². The zero-order chi connectivity index (χ0) is 6.69. The van der Waals surface area contributed by atoms with E-state index in [1.54, 1.807) is 0 Å². The zero-order valence-electron chi connectivity index (χ0n) is 5.77. The third kappa shape index (κ3) is 4.41. The average molecular weight is 223 g/mol. The van der Waals surface area contributed by atoms with Crippen molar-refractivity contribution in [3.05, 3.63) is 42.1 Å². The predicted molar refractivity (Wildman–Crippen MR) is 38.4 cm³/mol. The van der Waals surface area contributed by atoms with Crippen LogP contribution in [0.4, 0.5) is 4.39 Å². The molecule has 0 N–H and O–H groups in total. The first-order chi connectivity index (χ1) is 4.33. The summed E-state index contributed by atoms with van der Waals surface area (Å²) in [6.07, 6.45) is 6.64. The van der Waals surface area contributed by atoms with Crippen LogP contribution in [0.15, 0.2) is 24.3 Å². The molecule has 0 spiro atoms. The first-order valence-electron chi connectivity index (χ1n) is 2.51. The van der Waals surface area contributed by atoms with Crippen LogP contribution in [0.25, 0.3) is 0 Å². The molecule has 0 atom stereocenters. The molecule has 3 heteroatoms. The SMILES string of the molecule is [Br-].[C-]#Cc1ccc(F)cc1.[Mg+2]. The number of hydrogen-bond donors (Lipinski definition) is 0. The number of rotatable bonds is 0. The molecule has 0 aliphatic rings. The largest absolute Gasteiger partial charge is 2.00 e. The normalized spacial score (nSPS) is 6.91. The molecular formula is C8H4BrFMg. The Hall–Kier alpha value is -0.0438. The molecule has 0 amide bonds. The smallest absolute Gasteiger partial charge is 1.00 e. The molecule has 0 aliphatic carbocycles. The molecule has 52 valence electrons.